The first-order chi connectivity index (χ1) is 9.23. The Bertz CT molecular complexity index is 385. The highest BCUT2D eigenvalue weighted by Gasteiger charge is 2.44. The predicted octanol–water partition coefficient (Wildman–Crippen LogP) is 2.21. The number of nitrogens with zero attached hydrogens (tertiary/aromatic N) is 3. The van der Waals surface area contributed by atoms with Crippen LogP contribution >= 0.6 is 0 Å². The maximum Gasteiger partial charge on any atom is 0.0892 e. The van der Waals surface area contributed by atoms with Gasteiger partial charge in [0.25, 0.3) is 0 Å². The Morgan fingerprint density at radius 2 is 2.16 bits per heavy atom. The maximum absolute atomic E-state index is 6.20. The van der Waals surface area contributed by atoms with Crippen LogP contribution in [0.25, 0.3) is 0 Å². The zero-order valence-electron chi connectivity index (χ0n) is 12.4. The fraction of sp³-hybridized carbons (Fsp3) is 0.857. The van der Waals surface area contributed by atoms with E-state index < -0.39 is 0 Å². The third kappa shape index (κ3) is 2.98. The van der Waals surface area contributed by atoms with E-state index in [4.69, 9.17) is 4.74 Å². The van der Waals surface area contributed by atoms with E-state index in [2.05, 4.69) is 29.5 Å². The highest BCUT2D eigenvalue weighted by Crippen LogP contribution is 2.42. The molecule has 1 aliphatic rings. The molecule has 0 aromatic carbocycles. The molecule has 0 radical (unpaired) electrons. The standard InChI is InChI=1S/C14H26N4O/c1-4-10-15-13(12-11-16-17-18(12)3)14(19-5-2)8-6-7-9-14/h11,13,15H,4-10H2,1-3H3. The predicted molar refractivity (Wildman–Crippen MR) is 74.9 cm³/mol. The molecule has 1 heterocycles. The third-order valence-electron chi connectivity index (χ3n) is 4.05. The lowest BCUT2D eigenvalue weighted by molar-refractivity contribution is -0.0643. The summed E-state index contributed by atoms with van der Waals surface area (Å²) in [6.45, 7) is 6.02. The van der Waals surface area contributed by atoms with Gasteiger partial charge in [-0.1, -0.05) is 25.0 Å². The number of hydrogen-bond acceptors (Lipinski definition) is 4. The van der Waals surface area contributed by atoms with Gasteiger partial charge in [0, 0.05) is 13.7 Å². The number of ether oxygens (including phenoxy) is 1. The van der Waals surface area contributed by atoms with E-state index in [1.807, 2.05) is 17.9 Å². The average Bonchev–Trinajstić information content (AvgIpc) is 3.02. The lowest BCUT2D eigenvalue weighted by Crippen LogP contribution is -2.45. The maximum atomic E-state index is 6.20. The van der Waals surface area contributed by atoms with Gasteiger partial charge in [0.1, 0.15) is 0 Å². The van der Waals surface area contributed by atoms with E-state index in [9.17, 15) is 0 Å². The van der Waals surface area contributed by atoms with Crippen LogP contribution in [0.15, 0.2) is 6.20 Å². The second-order valence-corrected chi connectivity index (χ2v) is 5.37. The molecule has 5 nitrogen and oxygen atoms in total. The molecule has 0 aliphatic heterocycles. The summed E-state index contributed by atoms with van der Waals surface area (Å²) in [5.74, 6) is 0. The zero-order chi connectivity index (χ0) is 13.7. The summed E-state index contributed by atoms with van der Waals surface area (Å²) in [7, 11) is 1.96. The topological polar surface area (TPSA) is 52.0 Å². The molecule has 1 aromatic heterocycles. The Morgan fingerprint density at radius 1 is 1.42 bits per heavy atom. The number of aryl methyl sites for hydroxylation is 1. The summed E-state index contributed by atoms with van der Waals surface area (Å²) in [4.78, 5) is 0. The molecule has 1 unspecified atom stereocenters. The summed E-state index contributed by atoms with van der Waals surface area (Å²) >= 11 is 0. The lowest BCUT2D eigenvalue weighted by Gasteiger charge is -2.37. The zero-order valence-corrected chi connectivity index (χ0v) is 12.4. The molecule has 2 rings (SSSR count). The van der Waals surface area contributed by atoms with Gasteiger partial charge in [-0.3, -0.25) is 4.68 Å². The molecule has 0 bridgehead atoms. The van der Waals surface area contributed by atoms with Gasteiger partial charge in [-0.2, -0.15) is 0 Å². The van der Waals surface area contributed by atoms with Crippen molar-refractivity contribution in [2.75, 3.05) is 13.2 Å². The minimum Gasteiger partial charge on any atom is -0.373 e. The molecule has 0 spiro atoms. The Morgan fingerprint density at radius 3 is 2.68 bits per heavy atom. The molecular formula is C14H26N4O. The summed E-state index contributed by atoms with van der Waals surface area (Å²) in [6.07, 6.45) is 7.71. The first-order valence-corrected chi connectivity index (χ1v) is 7.45. The summed E-state index contributed by atoms with van der Waals surface area (Å²) < 4.78 is 8.06. The second-order valence-electron chi connectivity index (χ2n) is 5.37. The molecule has 1 saturated carbocycles. The van der Waals surface area contributed by atoms with Crippen molar-refractivity contribution in [1.82, 2.24) is 20.3 Å². The van der Waals surface area contributed by atoms with E-state index in [0.717, 1.165) is 38.1 Å². The Labute approximate surface area is 115 Å². The molecule has 1 N–H and O–H groups in total. The van der Waals surface area contributed by atoms with Crippen molar-refractivity contribution in [2.24, 2.45) is 7.05 Å². The van der Waals surface area contributed by atoms with Gasteiger partial charge in [-0.05, 0) is 32.7 Å². The van der Waals surface area contributed by atoms with E-state index in [1.165, 1.54) is 12.8 Å². The van der Waals surface area contributed by atoms with Gasteiger partial charge in [0.2, 0.25) is 0 Å². The van der Waals surface area contributed by atoms with Crippen molar-refractivity contribution >= 4 is 0 Å². The molecular weight excluding hydrogens is 240 g/mol. The fourth-order valence-electron chi connectivity index (χ4n) is 3.19. The van der Waals surface area contributed by atoms with Crippen LogP contribution in [-0.2, 0) is 11.8 Å². The van der Waals surface area contributed by atoms with Gasteiger partial charge in [0.15, 0.2) is 0 Å². The molecule has 1 atom stereocenters. The SMILES string of the molecule is CCCNC(c1cnnn1C)C1(OCC)CCCC1. The molecule has 0 saturated heterocycles. The highest BCUT2D eigenvalue weighted by atomic mass is 16.5. The van der Waals surface area contributed by atoms with Crippen LogP contribution in [0.1, 0.15) is 57.7 Å². The van der Waals surface area contributed by atoms with Crippen molar-refractivity contribution in [1.29, 1.82) is 0 Å². The van der Waals surface area contributed by atoms with Crippen LogP contribution in [0.2, 0.25) is 0 Å². The Hall–Kier alpha value is -0.940. The average molecular weight is 266 g/mol. The van der Waals surface area contributed by atoms with Gasteiger partial charge < -0.3 is 10.1 Å². The normalized spacial score (nSPS) is 19.7. The van der Waals surface area contributed by atoms with E-state index in [1.54, 1.807) is 0 Å². The minimum atomic E-state index is -0.0839. The monoisotopic (exact) mass is 266 g/mol. The first-order valence-electron chi connectivity index (χ1n) is 7.45. The smallest absolute Gasteiger partial charge is 0.0892 e. The van der Waals surface area contributed by atoms with Crippen LogP contribution in [-0.4, -0.2) is 33.7 Å². The molecule has 1 aliphatic carbocycles. The Kier molecular flexibility index (Phi) is 4.93. The Balaban J connectivity index is 2.27. The van der Waals surface area contributed by atoms with Crippen molar-refractivity contribution in [3.8, 4) is 0 Å². The van der Waals surface area contributed by atoms with Crippen LogP contribution in [0.3, 0.4) is 0 Å². The molecule has 1 aromatic rings. The molecule has 1 fully saturated rings. The van der Waals surface area contributed by atoms with Crippen LogP contribution < -0.4 is 5.32 Å². The van der Waals surface area contributed by atoms with Crippen molar-refractivity contribution in [3.63, 3.8) is 0 Å². The highest BCUT2D eigenvalue weighted by molar-refractivity contribution is 5.12. The van der Waals surface area contributed by atoms with Crippen molar-refractivity contribution < 1.29 is 4.74 Å². The van der Waals surface area contributed by atoms with Gasteiger partial charge >= 0.3 is 0 Å². The van der Waals surface area contributed by atoms with Crippen LogP contribution in [0.4, 0.5) is 0 Å². The van der Waals surface area contributed by atoms with Gasteiger partial charge in [-0.25, -0.2) is 0 Å². The van der Waals surface area contributed by atoms with Crippen molar-refractivity contribution in [2.45, 2.75) is 57.6 Å². The number of hydrogen-bond donors (Lipinski definition) is 1. The minimum absolute atomic E-state index is 0.0839. The van der Waals surface area contributed by atoms with Crippen molar-refractivity contribution in [3.05, 3.63) is 11.9 Å². The number of aromatic nitrogens is 3. The van der Waals surface area contributed by atoms with Gasteiger partial charge in [-0.15, -0.1) is 5.10 Å². The fourth-order valence-corrected chi connectivity index (χ4v) is 3.19. The van der Waals surface area contributed by atoms with Gasteiger partial charge in [0.05, 0.1) is 23.5 Å². The molecule has 5 heteroatoms. The summed E-state index contributed by atoms with van der Waals surface area (Å²) in [6, 6.07) is 0.190. The quantitative estimate of drug-likeness (QED) is 0.822. The first kappa shape index (κ1) is 14.5. The largest absolute Gasteiger partial charge is 0.373 e. The molecule has 108 valence electrons. The number of rotatable bonds is 7. The molecule has 0 amide bonds. The second kappa shape index (κ2) is 6.48. The summed E-state index contributed by atoms with van der Waals surface area (Å²) in [5.41, 5.74) is 1.04. The van der Waals surface area contributed by atoms with E-state index >= 15 is 0 Å². The summed E-state index contributed by atoms with van der Waals surface area (Å²) in [5, 5.41) is 11.8. The van der Waals surface area contributed by atoms with E-state index in [0.29, 0.717) is 0 Å². The van der Waals surface area contributed by atoms with E-state index in [-0.39, 0.29) is 11.6 Å². The third-order valence-corrected chi connectivity index (χ3v) is 4.05. The van der Waals surface area contributed by atoms with Crippen LogP contribution in [0, 0.1) is 0 Å². The van der Waals surface area contributed by atoms with Crippen LogP contribution in [0.5, 0.6) is 0 Å². The lowest BCUT2D eigenvalue weighted by atomic mass is 9.89. The number of nitrogens with one attached hydrogen (secondary N) is 1. The molecule has 19 heavy (non-hydrogen) atoms.